The van der Waals surface area contributed by atoms with Gasteiger partial charge >= 0.3 is 0 Å². The van der Waals surface area contributed by atoms with E-state index >= 15 is 0 Å². The number of hydrogen-bond donors (Lipinski definition) is 2. The van der Waals surface area contributed by atoms with Crippen molar-refractivity contribution in [3.8, 4) is 0 Å². The van der Waals surface area contributed by atoms with Crippen LogP contribution < -0.4 is 5.32 Å². The van der Waals surface area contributed by atoms with Gasteiger partial charge in [-0.15, -0.1) is 0 Å². The topological polar surface area (TPSA) is 63.5 Å². The molecule has 1 atom stereocenters. The Bertz CT molecular complexity index is 385. The molecule has 1 aromatic rings. The minimum Gasteiger partial charge on any atom is -0.388 e. The summed E-state index contributed by atoms with van der Waals surface area (Å²) in [5.74, 6) is -0.167. The molecule has 0 aliphatic rings. The van der Waals surface area contributed by atoms with Crippen molar-refractivity contribution < 1.29 is 14.6 Å². The van der Waals surface area contributed by atoms with E-state index in [1.807, 2.05) is 23.8 Å². The van der Waals surface area contributed by atoms with E-state index in [2.05, 4.69) is 5.32 Å². The van der Waals surface area contributed by atoms with Crippen LogP contribution in [-0.2, 0) is 11.3 Å². The van der Waals surface area contributed by atoms with Gasteiger partial charge in [-0.1, -0.05) is 0 Å². The number of methoxy groups -OCH3 is 1. The number of rotatable bonds is 7. The molecule has 0 bridgehead atoms. The molecular weight excluding hydrogens is 232 g/mol. The third-order valence-corrected chi connectivity index (χ3v) is 2.88. The largest absolute Gasteiger partial charge is 0.388 e. The summed E-state index contributed by atoms with van der Waals surface area (Å²) < 4.78 is 6.78. The average Bonchev–Trinajstić information content (AvgIpc) is 2.82. The van der Waals surface area contributed by atoms with Crippen molar-refractivity contribution in [2.75, 3.05) is 20.3 Å². The van der Waals surface area contributed by atoms with Crippen molar-refractivity contribution in [1.82, 2.24) is 9.88 Å². The Morgan fingerprint density at radius 2 is 2.33 bits per heavy atom. The molecule has 0 aliphatic carbocycles. The van der Waals surface area contributed by atoms with Crippen LogP contribution in [0.3, 0.4) is 0 Å². The van der Waals surface area contributed by atoms with Gasteiger partial charge in [-0.3, -0.25) is 4.79 Å². The fourth-order valence-corrected chi connectivity index (χ4v) is 1.67. The van der Waals surface area contributed by atoms with Crippen LogP contribution in [0, 0.1) is 0 Å². The van der Waals surface area contributed by atoms with Crippen LogP contribution in [0.4, 0.5) is 0 Å². The number of ether oxygens (including phenoxy) is 1. The zero-order valence-electron chi connectivity index (χ0n) is 11.3. The summed E-state index contributed by atoms with van der Waals surface area (Å²) in [7, 11) is 1.59. The highest BCUT2D eigenvalue weighted by atomic mass is 16.5. The minimum absolute atomic E-state index is 0.167. The van der Waals surface area contributed by atoms with Crippen LogP contribution in [0.1, 0.15) is 30.8 Å². The molecule has 5 nitrogen and oxygen atoms in total. The van der Waals surface area contributed by atoms with Crippen molar-refractivity contribution >= 4 is 5.91 Å². The number of aryl methyl sites for hydroxylation is 1. The fourth-order valence-electron chi connectivity index (χ4n) is 1.67. The smallest absolute Gasteiger partial charge is 0.268 e. The van der Waals surface area contributed by atoms with Gasteiger partial charge in [0.1, 0.15) is 5.69 Å². The van der Waals surface area contributed by atoms with Crippen molar-refractivity contribution in [1.29, 1.82) is 0 Å². The third-order valence-electron chi connectivity index (χ3n) is 2.88. The maximum atomic E-state index is 11.9. The molecule has 5 heteroatoms. The van der Waals surface area contributed by atoms with Crippen LogP contribution in [0.25, 0.3) is 0 Å². The molecular formula is C13H22N2O3. The number of carbonyl (C=O) groups excluding carboxylic acids is 1. The van der Waals surface area contributed by atoms with E-state index in [1.54, 1.807) is 20.1 Å². The van der Waals surface area contributed by atoms with Gasteiger partial charge in [0.2, 0.25) is 0 Å². The van der Waals surface area contributed by atoms with Gasteiger partial charge in [-0.2, -0.15) is 0 Å². The van der Waals surface area contributed by atoms with E-state index < -0.39 is 5.60 Å². The molecule has 0 radical (unpaired) electrons. The highest BCUT2D eigenvalue weighted by Crippen LogP contribution is 2.08. The standard InChI is InChI=1S/C13H22N2O3/c1-4-15-8-5-6-11(15)12(16)14-10-13(2,17)7-9-18-3/h5-6,8,17H,4,7,9-10H2,1-3H3,(H,14,16). The van der Waals surface area contributed by atoms with E-state index in [1.165, 1.54) is 0 Å². The van der Waals surface area contributed by atoms with Gasteiger partial charge in [0, 0.05) is 39.4 Å². The summed E-state index contributed by atoms with van der Waals surface area (Å²) in [6.45, 7) is 5.09. The van der Waals surface area contributed by atoms with Crippen LogP contribution in [0.5, 0.6) is 0 Å². The summed E-state index contributed by atoms with van der Waals surface area (Å²) in [6.07, 6.45) is 2.34. The molecule has 1 heterocycles. The molecule has 18 heavy (non-hydrogen) atoms. The highest BCUT2D eigenvalue weighted by molar-refractivity contribution is 5.92. The Morgan fingerprint density at radius 3 is 2.94 bits per heavy atom. The molecule has 0 aromatic carbocycles. The summed E-state index contributed by atoms with van der Waals surface area (Å²) >= 11 is 0. The first-order chi connectivity index (χ1) is 8.50. The first-order valence-corrected chi connectivity index (χ1v) is 6.15. The van der Waals surface area contributed by atoms with Crippen molar-refractivity contribution in [3.63, 3.8) is 0 Å². The molecule has 1 unspecified atom stereocenters. The Kier molecular flexibility index (Phi) is 5.37. The predicted molar refractivity (Wildman–Crippen MR) is 69.6 cm³/mol. The lowest BCUT2D eigenvalue weighted by Gasteiger charge is -2.23. The minimum atomic E-state index is -0.949. The molecule has 102 valence electrons. The number of hydrogen-bond acceptors (Lipinski definition) is 3. The van der Waals surface area contributed by atoms with E-state index in [0.29, 0.717) is 18.7 Å². The second-order valence-corrected chi connectivity index (χ2v) is 4.60. The molecule has 0 saturated heterocycles. The Morgan fingerprint density at radius 1 is 1.61 bits per heavy atom. The van der Waals surface area contributed by atoms with E-state index in [9.17, 15) is 9.90 Å². The summed E-state index contributed by atoms with van der Waals surface area (Å²) in [5, 5.41) is 12.8. The molecule has 1 rings (SSSR count). The molecule has 1 aromatic heterocycles. The van der Waals surface area contributed by atoms with Gasteiger partial charge in [0.15, 0.2) is 0 Å². The average molecular weight is 254 g/mol. The molecule has 0 fully saturated rings. The number of nitrogens with zero attached hydrogens (tertiary/aromatic N) is 1. The predicted octanol–water partition coefficient (Wildman–Crippen LogP) is 1.03. The Balaban J connectivity index is 2.51. The summed E-state index contributed by atoms with van der Waals surface area (Å²) in [5.41, 5.74) is -0.338. The van der Waals surface area contributed by atoms with Gasteiger partial charge in [0.25, 0.3) is 5.91 Å². The summed E-state index contributed by atoms with van der Waals surface area (Å²) in [6, 6.07) is 3.60. The molecule has 0 aliphatic heterocycles. The van der Waals surface area contributed by atoms with E-state index in [-0.39, 0.29) is 12.5 Å². The molecule has 0 spiro atoms. The molecule has 2 N–H and O–H groups in total. The first kappa shape index (κ1) is 14.7. The lowest BCUT2D eigenvalue weighted by Crippen LogP contribution is -2.41. The first-order valence-electron chi connectivity index (χ1n) is 6.15. The lowest BCUT2D eigenvalue weighted by atomic mass is 10.0. The van der Waals surface area contributed by atoms with Crippen molar-refractivity contribution in [3.05, 3.63) is 24.0 Å². The Hall–Kier alpha value is -1.33. The number of amides is 1. The zero-order valence-corrected chi connectivity index (χ0v) is 11.3. The van der Waals surface area contributed by atoms with E-state index in [4.69, 9.17) is 4.74 Å². The van der Waals surface area contributed by atoms with Gasteiger partial charge in [-0.25, -0.2) is 0 Å². The monoisotopic (exact) mass is 254 g/mol. The van der Waals surface area contributed by atoms with Crippen LogP contribution >= 0.6 is 0 Å². The lowest BCUT2D eigenvalue weighted by molar-refractivity contribution is 0.0242. The molecule has 0 saturated carbocycles. The number of aromatic nitrogens is 1. The Labute approximate surface area is 108 Å². The zero-order chi connectivity index (χ0) is 13.6. The second kappa shape index (κ2) is 6.56. The maximum Gasteiger partial charge on any atom is 0.268 e. The fraction of sp³-hybridized carbons (Fsp3) is 0.615. The van der Waals surface area contributed by atoms with Gasteiger partial charge < -0.3 is 19.7 Å². The van der Waals surface area contributed by atoms with Crippen molar-refractivity contribution in [2.24, 2.45) is 0 Å². The number of aliphatic hydroxyl groups is 1. The normalized spacial score (nSPS) is 14.2. The maximum absolute atomic E-state index is 11.9. The van der Waals surface area contributed by atoms with Gasteiger partial charge in [-0.05, 0) is 26.0 Å². The second-order valence-electron chi connectivity index (χ2n) is 4.60. The number of carbonyl (C=O) groups is 1. The van der Waals surface area contributed by atoms with Crippen LogP contribution in [0.15, 0.2) is 18.3 Å². The summed E-state index contributed by atoms with van der Waals surface area (Å²) in [4.78, 5) is 11.9. The molecule has 1 amide bonds. The van der Waals surface area contributed by atoms with Gasteiger partial charge in [0.05, 0.1) is 5.60 Å². The third kappa shape index (κ3) is 4.16. The quantitative estimate of drug-likeness (QED) is 0.763. The SMILES string of the molecule is CCn1cccc1C(=O)NCC(C)(O)CCOC. The van der Waals surface area contributed by atoms with E-state index in [0.717, 1.165) is 6.54 Å². The van der Waals surface area contributed by atoms with Crippen LogP contribution in [-0.4, -0.2) is 41.4 Å². The highest BCUT2D eigenvalue weighted by Gasteiger charge is 2.21. The van der Waals surface area contributed by atoms with Crippen LogP contribution in [0.2, 0.25) is 0 Å². The number of nitrogens with one attached hydrogen (secondary N) is 1. The van der Waals surface area contributed by atoms with Crippen molar-refractivity contribution in [2.45, 2.75) is 32.4 Å².